The predicted molar refractivity (Wildman–Crippen MR) is 71.4 cm³/mol. The van der Waals surface area contributed by atoms with Crippen LogP contribution in [0.25, 0.3) is 0 Å². The summed E-state index contributed by atoms with van der Waals surface area (Å²) in [4.78, 5) is 11.3. The minimum atomic E-state index is 0.0323. The number of Topliss-reactive ketones (excluding diaryl/α,β-unsaturated/α-hetero) is 1. The van der Waals surface area contributed by atoms with Gasteiger partial charge in [-0.1, -0.05) is 45.4 Å². The van der Waals surface area contributed by atoms with E-state index in [0.29, 0.717) is 0 Å². The lowest BCUT2D eigenvalue weighted by atomic mass is 9.96. The van der Waals surface area contributed by atoms with Gasteiger partial charge in [0, 0.05) is 5.92 Å². The maximum Gasteiger partial charge on any atom is 0.136 e. The standard InChI is InChI=1S/C15H26O/c1-6-12(3)10-8-9-11-15(7-2)13(4)14(5)16/h7,9,11-13H,6,8,10H2,1-5H3/b11-9-,15-7+. The summed E-state index contributed by atoms with van der Waals surface area (Å²) in [6, 6.07) is 0. The Morgan fingerprint density at radius 2 is 1.94 bits per heavy atom. The van der Waals surface area contributed by atoms with Crippen molar-refractivity contribution in [3.63, 3.8) is 0 Å². The Morgan fingerprint density at radius 3 is 2.38 bits per heavy atom. The van der Waals surface area contributed by atoms with E-state index in [-0.39, 0.29) is 11.7 Å². The van der Waals surface area contributed by atoms with Crippen molar-refractivity contribution in [3.8, 4) is 0 Å². The lowest BCUT2D eigenvalue weighted by molar-refractivity contribution is -0.119. The SMILES string of the molecule is C/C=C(\C=C/CCC(C)CC)C(C)C(C)=O. The molecule has 0 aliphatic carbocycles. The molecule has 0 radical (unpaired) electrons. The van der Waals surface area contributed by atoms with Crippen LogP contribution in [0.15, 0.2) is 23.8 Å². The molecule has 0 amide bonds. The highest BCUT2D eigenvalue weighted by atomic mass is 16.1. The molecule has 0 rings (SSSR count). The first kappa shape index (κ1) is 15.2. The summed E-state index contributed by atoms with van der Waals surface area (Å²) >= 11 is 0. The second kappa shape index (κ2) is 8.32. The molecule has 2 atom stereocenters. The van der Waals surface area contributed by atoms with Crippen molar-refractivity contribution in [2.24, 2.45) is 11.8 Å². The van der Waals surface area contributed by atoms with E-state index in [1.165, 1.54) is 12.8 Å². The summed E-state index contributed by atoms with van der Waals surface area (Å²) in [5.74, 6) is 1.06. The van der Waals surface area contributed by atoms with Crippen LogP contribution in [0.3, 0.4) is 0 Å². The van der Waals surface area contributed by atoms with E-state index >= 15 is 0 Å². The molecule has 0 N–H and O–H groups in total. The van der Waals surface area contributed by atoms with Crippen LogP contribution >= 0.6 is 0 Å². The van der Waals surface area contributed by atoms with E-state index in [1.54, 1.807) is 6.92 Å². The molecule has 0 saturated heterocycles. The molecule has 0 bridgehead atoms. The van der Waals surface area contributed by atoms with Gasteiger partial charge in [-0.3, -0.25) is 4.79 Å². The number of carbonyl (C=O) groups excluding carboxylic acids is 1. The van der Waals surface area contributed by atoms with Crippen LogP contribution in [-0.2, 0) is 4.79 Å². The second-order valence-corrected chi connectivity index (χ2v) is 4.61. The van der Waals surface area contributed by atoms with E-state index in [1.807, 2.05) is 19.9 Å². The zero-order chi connectivity index (χ0) is 12.6. The molecule has 0 spiro atoms. The normalized spacial score (nSPS) is 16.4. The van der Waals surface area contributed by atoms with Gasteiger partial charge in [0.1, 0.15) is 5.78 Å². The Morgan fingerprint density at radius 1 is 1.31 bits per heavy atom. The molecule has 1 nitrogen and oxygen atoms in total. The van der Waals surface area contributed by atoms with Crippen molar-refractivity contribution >= 4 is 5.78 Å². The van der Waals surface area contributed by atoms with E-state index in [2.05, 4.69) is 26.0 Å². The van der Waals surface area contributed by atoms with Crippen molar-refractivity contribution in [1.82, 2.24) is 0 Å². The summed E-state index contributed by atoms with van der Waals surface area (Å²) in [7, 11) is 0. The van der Waals surface area contributed by atoms with Crippen molar-refractivity contribution < 1.29 is 4.79 Å². The summed E-state index contributed by atoms with van der Waals surface area (Å²) in [5, 5.41) is 0. The third-order valence-corrected chi connectivity index (χ3v) is 3.28. The Hall–Kier alpha value is -0.850. The van der Waals surface area contributed by atoms with Gasteiger partial charge in [0.25, 0.3) is 0 Å². The Labute approximate surface area is 101 Å². The molecular weight excluding hydrogens is 196 g/mol. The highest BCUT2D eigenvalue weighted by Gasteiger charge is 2.09. The summed E-state index contributed by atoms with van der Waals surface area (Å²) in [6.07, 6.45) is 9.92. The molecule has 0 aliphatic heterocycles. The lowest BCUT2D eigenvalue weighted by Gasteiger charge is -2.09. The van der Waals surface area contributed by atoms with Gasteiger partial charge in [0.15, 0.2) is 0 Å². The molecule has 0 aromatic carbocycles. The topological polar surface area (TPSA) is 17.1 Å². The maximum atomic E-state index is 11.3. The van der Waals surface area contributed by atoms with E-state index in [4.69, 9.17) is 0 Å². The number of hydrogen-bond acceptors (Lipinski definition) is 1. The fraction of sp³-hybridized carbons (Fsp3) is 0.667. The Balaban J connectivity index is 4.14. The minimum absolute atomic E-state index is 0.0323. The fourth-order valence-electron chi connectivity index (χ4n) is 1.53. The van der Waals surface area contributed by atoms with Gasteiger partial charge >= 0.3 is 0 Å². The van der Waals surface area contributed by atoms with Gasteiger partial charge in [-0.25, -0.2) is 0 Å². The van der Waals surface area contributed by atoms with Gasteiger partial charge in [-0.2, -0.15) is 0 Å². The number of ketones is 1. The van der Waals surface area contributed by atoms with E-state index in [0.717, 1.165) is 17.9 Å². The molecule has 2 unspecified atom stereocenters. The summed E-state index contributed by atoms with van der Waals surface area (Å²) in [5.41, 5.74) is 1.14. The van der Waals surface area contributed by atoms with Gasteiger partial charge < -0.3 is 0 Å². The predicted octanol–water partition coefficient (Wildman–Crippen LogP) is 4.54. The van der Waals surface area contributed by atoms with Crippen LogP contribution in [-0.4, -0.2) is 5.78 Å². The number of rotatable bonds is 7. The molecule has 0 aliphatic rings. The highest BCUT2D eigenvalue weighted by Crippen LogP contribution is 2.15. The third kappa shape index (κ3) is 5.89. The van der Waals surface area contributed by atoms with Crippen LogP contribution in [0.2, 0.25) is 0 Å². The molecule has 0 saturated carbocycles. The Kier molecular flexibility index (Phi) is 7.88. The zero-order valence-corrected chi connectivity index (χ0v) is 11.4. The smallest absolute Gasteiger partial charge is 0.136 e. The van der Waals surface area contributed by atoms with Crippen LogP contribution in [0.5, 0.6) is 0 Å². The molecular formula is C15H26O. The first-order valence-electron chi connectivity index (χ1n) is 6.36. The summed E-state index contributed by atoms with van der Waals surface area (Å²) in [6.45, 7) is 10.1. The average Bonchev–Trinajstić information content (AvgIpc) is 2.27. The fourth-order valence-corrected chi connectivity index (χ4v) is 1.53. The monoisotopic (exact) mass is 222 g/mol. The summed E-state index contributed by atoms with van der Waals surface area (Å²) < 4.78 is 0. The highest BCUT2D eigenvalue weighted by molar-refractivity contribution is 5.81. The molecule has 1 heteroatoms. The lowest BCUT2D eigenvalue weighted by Crippen LogP contribution is -2.07. The van der Waals surface area contributed by atoms with Crippen molar-refractivity contribution in [1.29, 1.82) is 0 Å². The molecule has 0 aromatic heterocycles. The second-order valence-electron chi connectivity index (χ2n) is 4.61. The van der Waals surface area contributed by atoms with E-state index in [9.17, 15) is 4.79 Å². The molecule has 92 valence electrons. The molecule has 0 fully saturated rings. The first-order valence-corrected chi connectivity index (χ1v) is 6.36. The first-order chi connectivity index (χ1) is 7.52. The molecule has 0 heterocycles. The number of hydrogen-bond donors (Lipinski definition) is 0. The van der Waals surface area contributed by atoms with Crippen LogP contribution < -0.4 is 0 Å². The molecule has 16 heavy (non-hydrogen) atoms. The van der Waals surface area contributed by atoms with Crippen molar-refractivity contribution in [3.05, 3.63) is 23.8 Å². The maximum absolute atomic E-state index is 11.3. The van der Waals surface area contributed by atoms with Crippen LogP contribution in [0.1, 0.15) is 53.9 Å². The zero-order valence-electron chi connectivity index (χ0n) is 11.4. The van der Waals surface area contributed by atoms with Gasteiger partial charge in [-0.15, -0.1) is 0 Å². The van der Waals surface area contributed by atoms with Gasteiger partial charge in [-0.05, 0) is 38.2 Å². The van der Waals surface area contributed by atoms with E-state index < -0.39 is 0 Å². The van der Waals surface area contributed by atoms with Gasteiger partial charge in [0.05, 0.1) is 0 Å². The largest absolute Gasteiger partial charge is 0.299 e. The van der Waals surface area contributed by atoms with Gasteiger partial charge in [0.2, 0.25) is 0 Å². The van der Waals surface area contributed by atoms with Crippen molar-refractivity contribution in [2.75, 3.05) is 0 Å². The van der Waals surface area contributed by atoms with Crippen LogP contribution in [0, 0.1) is 11.8 Å². The van der Waals surface area contributed by atoms with Crippen molar-refractivity contribution in [2.45, 2.75) is 53.9 Å². The quantitative estimate of drug-likeness (QED) is 0.578. The van der Waals surface area contributed by atoms with Crippen LogP contribution in [0.4, 0.5) is 0 Å². The number of allylic oxidation sites excluding steroid dienone is 4. The average molecular weight is 222 g/mol. The minimum Gasteiger partial charge on any atom is -0.299 e. The number of carbonyl (C=O) groups is 1. The Bertz CT molecular complexity index is 261. The third-order valence-electron chi connectivity index (χ3n) is 3.28. The molecule has 0 aromatic rings.